The molecule has 180 valence electrons. The topological polar surface area (TPSA) is 96.8 Å². The summed E-state index contributed by atoms with van der Waals surface area (Å²) in [6.07, 6.45) is 0. The molecule has 1 unspecified atom stereocenters. The van der Waals surface area contributed by atoms with E-state index < -0.39 is 35.3 Å². The molecule has 3 aromatic rings. The summed E-state index contributed by atoms with van der Waals surface area (Å²) < 4.78 is 19.3. The molecule has 2 aromatic carbocycles. The largest absolute Gasteiger partial charge is 0.507 e. The van der Waals surface area contributed by atoms with Crippen molar-refractivity contribution in [3.05, 3.63) is 86.1 Å². The standard InChI is InChI=1S/C25H20ClFN2O5S/c1-4-34-24(33)22-13(3)28-25(35-22)29-19(14-7-9-16(26)10-8-14)18(21(31)23(29)32)20(30)15-6-5-12(2)17(27)11-15/h5-11,19,30H,4H2,1-3H3. The lowest BCUT2D eigenvalue weighted by molar-refractivity contribution is -0.132. The van der Waals surface area contributed by atoms with Gasteiger partial charge in [-0.15, -0.1) is 0 Å². The van der Waals surface area contributed by atoms with Crippen LogP contribution in [0.15, 0.2) is 48.0 Å². The third kappa shape index (κ3) is 4.44. The zero-order chi connectivity index (χ0) is 25.4. The van der Waals surface area contributed by atoms with Crippen molar-refractivity contribution in [3.63, 3.8) is 0 Å². The Morgan fingerprint density at radius 2 is 1.89 bits per heavy atom. The van der Waals surface area contributed by atoms with E-state index >= 15 is 0 Å². The number of hydrogen-bond acceptors (Lipinski definition) is 7. The van der Waals surface area contributed by atoms with Crippen LogP contribution >= 0.6 is 22.9 Å². The molecule has 7 nitrogen and oxygen atoms in total. The van der Waals surface area contributed by atoms with Crippen LogP contribution < -0.4 is 4.90 Å². The van der Waals surface area contributed by atoms with Gasteiger partial charge < -0.3 is 9.84 Å². The minimum absolute atomic E-state index is 0.0487. The lowest BCUT2D eigenvalue weighted by Crippen LogP contribution is -2.29. The van der Waals surface area contributed by atoms with Crippen LogP contribution in [0.4, 0.5) is 9.52 Å². The predicted molar refractivity (Wildman–Crippen MR) is 130 cm³/mol. The third-order valence-corrected chi connectivity index (χ3v) is 6.92. The maximum atomic E-state index is 14.2. The van der Waals surface area contributed by atoms with Gasteiger partial charge in [0.2, 0.25) is 0 Å². The first kappa shape index (κ1) is 24.6. The Morgan fingerprint density at radius 3 is 2.51 bits per heavy atom. The molecule has 1 atom stereocenters. The number of aryl methyl sites for hydroxylation is 2. The van der Waals surface area contributed by atoms with E-state index in [2.05, 4.69) is 4.98 Å². The van der Waals surface area contributed by atoms with Crippen molar-refractivity contribution in [2.45, 2.75) is 26.8 Å². The van der Waals surface area contributed by atoms with E-state index in [1.54, 1.807) is 45.0 Å². The number of ketones is 1. The number of halogens is 2. The van der Waals surface area contributed by atoms with E-state index in [0.717, 1.165) is 22.3 Å². The first-order chi connectivity index (χ1) is 16.6. The van der Waals surface area contributed by atoms with Gasteiger partial charge in [0, 0.05) is 10.6 Å². The summed E-state index contributed by atoms with van der Waals surface area (Å²) in [5, 5.41) is 11.6. The van der Waals surface area contributed by atoms with Crippen molar-refractivity contribution < 1.29 is 28.6 Å². The summed E-state index contributed by atoms with van der Waals surface area (Å²) in [6.45, 7) is 4.99. The van der Waals surface area contributed by atoms with Crippen LogP contribution in [0, 0.1) is 19.7 Å². The van der Waals surface area contributed by atoms with E-state index in [0.29, 0.717) is 21.8 Å². The van der Waals surface area contributed by atoms with Crippen molar-refractivity contribution >= 4 is 51.5 Å². The number of Topliss-reactive ketones (excluding diaryl/α,β-unsaturated/α-hetero) is 1. The van der Waals surface area contributed by atoms with Gasteiger partial charge in [0.05, 0.1) is 23.9 Å². The molecule has 1 N–H and O–H groups in total. The Labute approximate surface area is 209 Å². The molecule has 1 aromatic heterocycles. The average molecular weight is 515 g/mol. The normalized spacial score (nSPS) is 17.2. The lowest BCUT2D eigenvalue weighted by atomic mass is 9.95. The highest BCUT2D eigenvalue weighted by atomic mass is 35.5. The third-order valence-electron chi connectivity index (χ3n) is 5.53. The zero-order valence-corrected chi connectivity index (χ0v) is 20.5. The summed E-state index contributed by atoms with van der Waals surface area (Å²) in [4.78, 5) is 44.4. The number of aliphatic hydroxyl groups is 1. The molecule has 0 spiro atoms. The molecule has 0 bridgehead atoms. The number of nitrogens with zero attached hydrogens (tertiary/aromatic N) is 2. The second-order valence-corrected chi connectivity index (χ2v) is 9.23. The Kier molecular flexibility index (Phi) is 6.73. The first-order valence-corrected chi connectivity index (χ1v) is 11.8. The number of anilines is 1. The van der Waals surface area contributed by atoms with Crippen LogP contribution in [0.25, 0.3) is 5.76 Å². The quantitative estimate of drug-likeness (QED) is 0.213. The van der Waals surface area contributed by atoms with Crippen LogP contribution in [0.5, 0.6) is 0 Å². The maximum absolute atomic E-state index is 14.2. The molecule has 10 heteroatoms. The Bertz CT molecular complexity index is 1380. The molecule has 35 heavy (non-hydrogen) atoms. The second kappa shape index (κ2) is 9.59. The Balaban J connectivity index is 1.92. The molecule has 0 aliphatic carbocycles. The zero-order valence-electron chi connectivity index (χ0n) is 19.0. The number of ether oxygens (including phenoxy) is 1. The number of carbonyl (C=O) groups is 3. The molecule has 1 saturated heterocycles. The number of aliphatic hydroxyl groups excluding tert-OH is 1. The van der Waals surface area contributed by atoms with Gasteiger partial charge in [0.1, 0.15) is 16.5 Å². The first-order valence-electron chi connectivity index (χ1n) is 10.6. The van der Waals surface area contributed by atoms with Crippen LogP contribution in [0.1, 0.15) is 45.0 Å². The minimum atomic E-state index is -1.09. The maximum Gasteiger partial charge on any atom is 0.350 e. The number of thiazole rings is 1. The molecular weight excluding hydrogens is 495 g/mol. The Hall–Kier alpha value is -3.56. The van der Waals surface area contributed by atoms with Gasteiger partial charge >= 0.3 is 11.9 Å². The van der Waals surface area contributed by atoms with Crippen LogP contribution in [0.3, 0.4) is 0 Å². The number of benzene rings is 2. The summed E-state index contributed by atoms with van der Waals surface area (Å²) in [5.74, 6) is -3.59. The predicted octanol–water partition coefficient (Wildman–Crippen LogP) is 5.36. The molecule has 0 saturated carbocycles. The fraction of sp³-hybridized carbons (Fsp3) is 0.200. The molecule has 1 fully saturated rings. The van der Waals surface area contributed by atoms with Crippen LogP contribution in [-0.4, -0.2) is 34.4 Å². The highest BCUT2D eigenvalue weighted by Crippen LogP contribution is 2.44. The van der Waals surface area contributed by atoms with E-state index in [9.17, 15) is 23.9 Å². The van der Waals surface area contributed by atoms with Crippen molar-refractivity contribution in [2.24, 2.45) is 0 Å². The van der Waals surface area contributed by atoms with E-state index in [1.165, 1.54) is 12.1 Å². The Morgan fingerprint density at radius 1 is 1.20 bits per heavy atom. The summed E-state index contributed by atoms with van der Waals surface area (Å²) >= 11 is 6.94. The fourth-order valence-corrected chi connectivity index (χ4v) is 4.87. The minimum Gasteiger partial charge on any atom is -0.507 e. The number of esters is 1. The second-order valence-electron chi connectivity index (χ2n) is 7.82. The molecule has 2 heterocycles. The smallest absolute Gasteiger partial charge is 0.350 e. The van der Waals surface area contributed by atoms with Crippen molar-refractivity contribution in [2.75, 3.05) is 11.5 Å². The van der Waals surface area contributed by atoms with Gasteiger partial charge in [-0.1, -0.05) is 47.2 Å². The van der Waals surface area contributed by atoms with Gasteiger partial charge in [0.15, 0.2) is 5.13 Å². The number of hydrogen-bond donors (Lipinski definition) is 1. The highest BCUT2D eigenvalue weighted by molar-refractivity contribution is 7.17. The fourth-order valence-electron chi connectivity index (χ4n) is 3.76. The monoisotopic (exact) mass is 514 g/mol. The summed E-state index contributed by atoms with van der Waals surface area (Å²) in [7, 11) is 0. The number of aromatic nitrogens is 1. The highest BCUT2D eigenvalue weighted by Gasteiger charge is 2.48. The molecule has 0 radical (unpaired) electrons. The number of amides is 1. The SMILES string of the molecule is CCOC(=O)c1sc(N2C(=O)C(=O)C(=C(O)c3ccc(C)c(F)c3)C2c2ccc(Cl)cc2)nc1C. The molecular formula is C25H20ClFN2O5S. The van der Waals surface area contributed by atoms with Gasteiger partial charge in [-0.2, -0.15) is 0 Å². The molecule has 4 rings (SSSR count). The van der Waals surface area contributed by atoms with Gasteiger partial charge in [-0.05, 0) is 50.1 Å². The van der Waals surface area contributed by atoms with E-state index in [1.807, 2.05) is 0 Å². The number of carbonyl (C=O) groups excluding carboxylic acids is 3. The van der Waals surface area contributed by atoms with Crippen molar-refractivity contribution in [3.8, 4) is 0 Å². The van der Waals surface area contributed by atoms with Crippen LogP contribution in [-0.2, 0) is 14.3 Å². The van der Waals surface area contributed by atoms with E-state index in [-0.39, 0.29) is 27.8 Å². The lowest BCUT2D eigenvalue weighted by Gasteiger charge is -2.23. The van der Waals surface area contributed by atoms with E-state index in [4.69, 9.17) is 16.3 Å². The van der Waals surface area contributed by atoms with Crippen molar-refractivity contribution in [1.29, 1.82) is 0 Å². The number of rotatable bonds is 5. The average Bonchev–Trinajstić information content (AvgIpc) is 3.33. The van der Waals surface area contributed by atoms with Gasteiger partial charge in [-0.3, -0.25) is 14.5 Å². The molecule has 1 aliphatic heterocycles. The molecule has 1 amide bonds. The summed E-state index contributed by atoms with van der Waals surface area (Å²) in [6, 6.07) is 9.34. The van der Waals surface area contributed by atoms with Crippen LogP contribution in [0.2, 0.25) is 5.02 Å². The van der Waals surface area contributed by atoms with Gasteiger partial charge in [0.25, 0.3) is 5.78 Å². The van der Waals surface area contributed by atoms with Gasteiger partial charge in [-0.25, -0.2) is 14.2 Å². The van der Waals surface area contributed by atoms with Crippen molar-refractivity contribution in [1.82, 2.24) is 4.98 Å². The molecule has 1 aliphatic rings. The summed E-state index contributed by atoms with van der Waals surface area (Å²) in [5.41, 5.74) is 0.980.